The van der Waals surface area contributed by atoms with Gasteiger partial charge in [0.15, 0.2) is 0 Å². The summed E-state index contributed by atoms with van der Waals surface area (Å²) in [6.07, 6.45) is 1.55. The molecule has 5 rings (SSSR count). The third-order valence-electron chi connectivity index (χ3n) is 4.29. The number of nitrogens with one attached hydrogen (secondary N) is 1. The maximum Gasteiger partial charge on any atom is 0.254 e. The molecular formula is C13H19N7. The molecule has 7 heteroatoms. The average Bonchev–Trinajstić information content (AvgIpc) is 2.94. The molecule has 7 nitrogen and oxygen atoms in total. The normalized spacial score (nSPS) is 28.9. The van der Waals surface area contributed by atoms with Crippen LogP contribution in [0.15, 0.2) is 12.4 Å². The molecule has 1 unspecified atom stereocenters. The Labute approximate surface area is 117 Å². The lowest BCUT2D eigenvalue weighted by molar-refractivity contribution is 0.0189. The Balaban J connectivity index is 1.52. The third kappa shape index (κ3) is 2.03. The van der Waals surface area contributed by atoms with Gasteiger partial charge in [0.1, 0.15) is 12.1 Å². The Morgan fingerprint density at radius 1 is 1.30 bits per heavy atom. The summed E-state index contributed by atoms with van der Waals surface area (Å²) in [5.41, 5.74) is 0.960. The van der Waals surface area contributed by atoms with Gasteiger partial charge in [0.05, 0.1) is 0 Å². The van der Waals surface area contributed by atoms with Crippen LogP contribution >= 0.6 is 0 Å². The zero-order valence-electron chi connectivity index (χ0n) is 11.7. The highest BCUT2D eigenvalue weighted by atomic mass is 15.4. The molecule has 3 aliphatic heterocycles. The molecule has 0 radical (unpaired) electrons. The Morgan fingerprint density at radius 3 is 2.90 bits per heavy atom. The van der Waals surface area contributed by atoms with Gasteiger partial charge in [0.25, 0.3) is 5.78 Å². The zero-order chi connectivity index (χ0) is 13.5. The molecule has 3 saturated heterocycles. The molecule has 2 aromatic heterocycles. The molecule has 0 saturated carbocycles. The minimum Gasteiger partial charge on any atom is -0.368 e. The second kappa shape index (κ2) is 4.68. The van der Waals surface area contributed by atoms with Gasteiger partial charge in [-0.2, -0.15) is 14.6 Å². The van der Waals surface area contributed by atoms with E-state index >= 15 is 0 Å². The van der Waals surface area contributed by atoms with Gasteiger partial charge in [-0.15, -0.1) is 0 Å². The van der Waals surface area contributed by atoms with Crippen molar-refractivity contribution >= 4 is 11.6 Å². The Morgan fingerprint density at radius 2 is 2.15 bits per heavy atom. The molecule has 2 aromatic rings. The molecule has 1 N–H and O–H groups in total. The smallest absolute Gasteiger partial charge is 0.254 e. The molecule has 0 amide bonds. The van der Waals surface area contributed by atoms with E-state index in [4.69, 9.17) is 0 Å². The fourth-order valence-electron chi connectivity index (χ4n) is 3.20. The first-order valence-electron chi connectivity index (χ1n) is 7.17. The number of aromatic nitrogens is 4. The van der Waals surface area contributed by atoms with E-state index in [1.807, 2.05) is 13.0 Å². The first kappa shape index (κ1) is 12.0. The van der Waals surface area contributed by atoms with Crippen LogP contribution in [0.25, 0.3) is 5.78 Å². The summed E-state index contributed by atoms with van der Waals surface area (Å²) < 4.78 is 1.77. The van der Waals surface area contributed by atoms with Crippen molar-refractivity contribution in [2.24, 2.45) is 0 Å². The van der Waals surface area contributed by atoms with E-state index < -0.39 is 0 Å². The van der Waals surface area contributed by atoms with Crippen LogP contribution in [0, 0.1) is 6.92 Å². The highest BCUT2D eigenvalue weighted by Crippen LogP contribution is 2.17. The van der Waals surface area contributed by atoms with Crippen LogP contribution in [0.2, 0.25) is 0 Å². The van der Waals surface area contributed by atoms with E-state index in [2.05, 4.69) is 30.2 Å². The Hall–Kier alpha value is -1.73. The molecule has 0 aliphatic carbocycles. The van der Waals surface area contributed by atoms with Crippen LogP contribution in [0.3, 0.4) is 0 Å². The summed E-state index contributed by atoms with van der Waals surface area (Å²) in [6, 6.07) is 2.61. The summed E-state index contributed by atoms with van der Waals surface area (Å²) in [4.78, 5) is 13.6. The SMILES string of the molecule is Cc1cc(NCC2CN3CCN2CC3)n2ncnc2n1. The van der Waals surface area contributed by atoms with Crippen LogP contribution in [-0.4, -0.2) is 74.7 Å². The second-order valence-electron chi connectivity index (χ2n) is 5.63. The van der Waals surface area contributed by atoms with Crippen LogP contribution in [0.5, 0.6) is 0 Å². The second-order valence-corrected chi connectivity index (χ2v) is 5.63. The number of piperazine rings is 3. The molecule has 20 heavy (non-hydrogen) atoms. The van der Waals surface area contributed by atoms with Crippen molar-refractivity contribution in [1.82, 2.24) is 29.4 Å². The van der Waals surface area contributed by atoms with E-state index in [0.717, 1.165) is 24.6 Å². The molecule has 3 fully saturated rings. The van der Waals surface area contributed by atoms with Gasteiger partial charge in [0, 0.05) is 57.1 Å². The molecule has 5 heterocycles. The van der Waals surface area contributed by atoms with Gasteiger partial charge >= 0.3 is 0 Å². The van der Waals surface area contributed by atoms with Crippen molar-refractivity contribution in [2.75, 3.05) is 44.6 Å². The standard InChI is InChI=1S/C13H19N7/c1-10-6-12(20-13(17-10)15-9-16-20)14-7-11-8-18-2-4-19(11)5-3-18/h6,9,11,14H,2-5,7-8H2,1H3. The quantitative estimate of drug-likeness (QED) is 0.839. The molecule has 3 aliphatic rings. The van der Waals surface area contributed by atoms with Gasteiger partial charge in [0.2, 0.25) is 0 Å². The topological polar surface area (TPSA) is 61.6 Å². The van der Waals surface area contributed by atoms with Crippen molar-refractivity contribution in [3.8, 4) is 0 Å². The minimum atomic E-state index is 0.588. The predicted octanol–water partition coefficient (Wildman–Crippen LogP) is -0.156. The number of fused-ring (bicyclic) bond motifs is 4. The predicted molar refractivity (Wildman–Crippen MR) is 75.8 cm³/mol. The fraction of sp³-hybridized carbons (Fsp3) is 0.615. The number of anilines is 1. The largest absolute Gasteiger partial charge is 0.368 e. The first-order valence-corrected chi connectivity index (χ1v) is 7.17. The van der Waals surface area contributed by atoms with Crippen molar-refractivity contribution in [2.45, 2.75) is 13.0 Å². The van der Waals surface area contributed by atoms with Gasteiger partial charge in [-0.3, -0.25) is 9.80 Å². The highest BCUT2D eigenvalue weighted by Gasteiger charge is 2.31. The average molecular weight is 273 g/mol. The molecule has 1 atom stereocenters. The number of nitrogens with zero attached hydrogens (tertiary/aromatic N) is 6. The molecule has 2 bridgehead atoms. The molecule has 0 aromatic carbocycles. The summed E-state index contributed by atoms with van der Waals surface area (Å²) in [5, 5.41) is 7.75. The molecule has 106 valence electrons. The van der Waals surface area contributed by atoms with E-state index in [1.54, 1.807) is 10.8 Å². The summed E-state index contributed by atoms with van der Waals surface area (Å²) in [5.74, 6) is 1.63. The fourth-order valence-corrected chi connectivity index (χ4v) is 3.20. The summed E-state index contributed by atoms with van der Waals surface area (Å²) >= 11 is 0. The number of rotatable bonds is 3. The van der Waals surface area contributed by atoms with E-state index in [9.17, 15) is 0 Å². The number of aryl methyl sites for hydroxylation is 1. The van der Waals surface area contributed by atoms with Crippen molar-refractivity contribution in [1.29, 1.82) is 0 Å². The van der Waals surface area contributed by atoms with Crippen LogP contribution in [0.4, 0.5) is 5.82 Å². The number of hydrogen-bond acceptors (Lipinski definition) is 6. The van der Waals surface area contributed by atoms with Gasteiger partial charge < -0.3 is 5.32 Å². The number of hydrogen-bond donors (Lipinski definition) is 1. The Kier molecular flexibility index (Phi) is 2.82. The molecular weight excluding hydrogens is 254 g/mol. The van der Waals surface area contributed by atoms with Crippen LogP contribution < -0.4 is 5.32 Å². The maximum absolute atomic E-state index is 4.36. The Bertz CT molecular complexity index is 614. The lowest BCUT2D eigenvalue weighted by atomic mass is 10.1. The maximum atomic E-state index is 4.36. The van der Waals surface area contributed by atoms with E-state index in [-0.39, 0.29) is 0 Å². The van der Waals surface area contributed by atoms with Gasteiger partial charge in [-0.1, -0.05) is 0 Å². The van der Waals surface area contributed by atoms with E-state index in [1.165, 1.54) is 26.2 Å². The molecule has 0 spiro atoms. The van der Waals surface area contributed by atoms with E-state index in [0.29, 0.717) is 11.8 Å². The lowest BCUT2D eigenvalue weighted by Crippen LogP contribution is -2.62. The van der Waals surface area contributed by atoms with Gasteiger partial charge in [-0.25, -0.2) is 4.98 Å². The van der Waals surface area contributed by atoms with Crippen molar-refractivity contribution in [3.63, 3.8) is 0 Å². The van der Waals surface area contributed by atoms with Crippen molar-refractivity contribution < 1.29 is 0 Å². The zero-order valence-corrected chi connectivity index (χ0v) is 11.7. The van der Waals surface area contributed by atoms with Crippen LogP contribution in [0.1, 0.15) is 5.69 Å². The summed E-state index contributed by atoms with van der Waals surface area (Å²) in [7, 11) is 0. The van der Waals surface area contributed by atoms with Gasteiger partial charge in [-0.05, 0) is 6.92 Å². The van der Waals surface area contributed by atoms with Crippen LogP contribution in [-0.2, 0) is 0 Å². The summed E-state index contributed by atoms with van der Waals surface area (Å²) in [6.45, 7) is 8.92. The first-order chi connectivity index (χ1) is 9.79. The lowest BCUT2D eigenvalue weighted by Gasteiger charge is -2.47. The third-order valence-corrected chi connectivity index (χ3v) is 4.29. The highest BCUT2D eigenvalue weighted by molar-refractivity contribution is 5.44. The minimum absolute atomic E-state index is 0.588. The van der Waals surface area contributed by atoms with Crippen molar-refractivity contribution in [3.05, 3.63) is 18.1 Å². The monoisotopic (exact) mass is 273 g/mol.